The summed E-state index contributed by atoms with van der Waals surface area (Å²) in [6.45, 7) is 0. The summed E-state index contributed by atoms with van der Waals surface area (Å²) in [6.07, 6.45) is -2.01. The molecule has 126 valence electrons. The summed E-state index contributed by atoms with van der Waals surface area (Å²) in [5.74, 6) is -1.32. The van der Waals surface area contributed by atoms with Crippen molar-refractivity contribution in [1.29, 1.82) is 0 Å². The Morgan fingerprint density at radius 3 is 2.46 bits per heavy atom. The largest absolute Gasteiger partial charge is 0.459 e. The molecule has 1 aliphatic carbocycles. The van der Waals surface area contributed by atoms with Gasteiger partial charge in [0.15, 0.2) is 5.76 Å². The van der Waals surface area contributed by atoms with Crippen molar-refractivity contribution in [3.05, 3.63) is 47.9 Å². The number of amides is 2. The molecule has 2 amide bonds. The van der Waals surface area contributed by atoms with E-state index in [0.29, 0.717) is 12.8 Å². The number of benzene rings is 1. The number of hydrogen-bond acceptors (Lipinski definition) is 3. The molecular weight excluding hydrogens is 325 g/mol. The highest BCUT2D eigenvalue weighted by Crippen LogP contribution is 2.38. The van der Waals surface area contributed by atoms with Crippen LogP contribution in [0.1, 0.15) is 29.0 Å². The molecule has 2 N–H and O–H groups in total. The molecule has 1 aromatic carbocycles. The maximum atomic E-state index is 13.2. The fourth-order valence-electron chi connectivity index (χ4n) is 2.15. The Labute approximate surface area is 134 Å². The van der Waals surface area contributed by atoms with Gasteiger partial charge >= 0.3 is 6.18 Å². The van der Waals surface area contributed by atoms with Gasteiger partial charge in [0.05, 0.1) is 17.5 Å². The second kappa shape index (κ2) is 6.03. The van der Waals surface area contributed by atoms with Gasteiger partial charge in [-0.25, -0.2) is 0 Å². The molecule has 2 aromatic rings. The van der Waals surface area contributed by atoms with Crippen molar-refractivity contribution >= 4 is 23.2 Å². The summed E-state index contributed by atoms with van der Waals surface area (Å²) < 4.78 is 44.6. The minimum atomic E-state index is -4.67. The third-order valence-corrected chi connectivity index (χ3v) is 3.53. The Bertz CT molecular complexity index is 765. The summed E-state index contributed by atoms with van der Waals surface area (Å²) in [5, 5.41) is 4.62. The van der Waals surface area contributed by atoms with Crippen LogP contribution in [0.3, 0.4) is 0 Å². The molecule has 8 heteroatoms. The summed E-state index contributed by atoms with van der Waals surface area (Å²) in [7, 11) is 0. The molecule has 1 saturated carbocycles. The number of alkyl halides is 3. The zero-order chi connectivity index (χ0) is 17.3. The predicted molar refractivity (Wildman–Crippen MR) is 79.5 cm³/mol. The maximum Gasteiger partial charge on any atom is 0.418 e. The molecule has 0 bridgehead atoms. The molecule has 0 aliphatic heterocycles. The SMILES string of the molecule is O=C(Nc1ccc(NC(=O)C2CC2)c(C(F)(F)F)c1)c1ccco1. The topological polar surface area (TPSA) is 71.3 Å². The Balaban J connectivity index is 1.84. The second-order valence-electron chi connectivity index (χ2n) is 5.45. The van der Waals surface area contributed by atoms with Crippen LogP contribution in [0.2, 0.25) is 0 Å². The van der Waals surface area contributed by atoms with Crippen LogP contribution in [0.25, 0.3) is 0 Å². The Kier molecular flexibility index (Phi) is 4.04. The molecule has 0 unspecified atom stereocenters. The van der Waals surface area contributed by atoms with E-state index in [4.69, 9.17) is 4.42 Å². The molecule has 1 heterocycles. The number of rotatable bonds is 4. The third-order valence-electron chi connectivity index (χ3n) is 3.53. The summed E-state index contributed by atoms with van der Waals surface area (Å²) in [4.78, 5) is 23.6. The maximum absolute atomic E-state index is 13.2. The van der Waals surface area contributed by atoms with E-state index in [1.165, 1.54) is 24.5 Å². The first-order valence-corrected chi connectivity index (χ1v) is 7.21. The fourth-order valence-corrected chi connectivity index (χ4v) is 2.15. The van der Waals surface area contributed by atoms with E-state index in [1.54, 1.807) is 0 Å². The number of carbonyl (C=O) groups excluding carboxylic acids is 2. The van der Waals surface area contributed by atoms with Gasteiger partial charge in [0, 0.05) is 11.6 Å². The molecule has 24 heavy (non-hydrogen) atoms. The molecular formula is C16H13F3N2O3. The summed E-state index contributed by atoms with van der Waals surface area (Å²) >= 11 is 0. The number of furan rings is 1. The minimum Gasteiger partial charge on any atom is -0.459 e. The van der Waals surface area contributed by atoms with E-state index in [9.17, 15) is 22.8 Å². The quantitative estimate of drug-likeness (QED) is 0.888. The molecule has 0 saturated heterocycles. The fraction of sp³-hybridized carbons (Fsp3) is 0.250. The lowest BCUT2D eigenvalue weighted by Gasteiger charge is -2.15. The van der Waals surface area contributed by atoms with Crippen LogP contribution < -0.4 is 10.6 Å². The van der Waals surface area contributed by atoms with E-state index in [2.05, 4.69) is 10.6 Å². The lowest BCUT2D eigenvalue weighted by molar-refractivity contribution is -0.136. The number of hydrogen-bond donors (Lipinski definition) is 2. The van der Waals surface area contributed by atoms with Gasteiger partial charge in [0.25, 0.3) is 5.91 Å². The van der Waals surface area contributed by atoms with Gasteiger partial charge in [0.2, 0.25) is 5.91 Å². The van der Waals surface area contributed by atoms with Crippen molar-refractivity contribution in [3.63, 3.8) is 0 Å². The summed E-state index contributed by atoms with van der Waals surface area (Å²) in [5.41, 5.74) is -1.39. The van der Waals surface area contributed by atoms with Gasteiger partial charge < -0.3 is 15.1 Å². The molecule has 1 aromatic heterocycles. The molecule has 0 spiro atoms. The number of halogens is 3. The zero-order valence-corrected chi connectivity index (χ0v) is 12.3. The van der Waals surface area contributed by atoms with Crippen molar-refractivity contribution in [3.8, 4) is 0 Å². The first kappa shape index (κ1) is 16.1. The lowest BCUT2D eigenvalue weighted by Crippen LogP contribution is -2.18. The third kappa shape index (κ3) is 3.58. The molecule has 3 rings (SSSR count). The van der Waals surface area contributed by atoms with Crippen LogP contribution in [0, 0.1) is 5.92 Å². The van der Waals surface area contributed by atoms with Gasteiger partial charge in [-0.05, 0) is 43.2 Å². The number of carbonyl (C=O) groups is 2. The van der Waals surface area contributed by atoms with Gasteiger partial charge in [-0.2, -0.15) is 13.2 Å². The van der Waals surface area contributed by atoms with Crippen LogP contribution in [-0.2, 0) is 11.0 Å². The van der Waals surface area contributed by atoms with Crippen molar-refractivity contribution in [2.45, 2.75) is 19.0 Å². The van der Waals surface area contributed by atoms with E-state index >= 15 is 0 Å². The van der Waals surface area contributed by atoms with Crippen molar-refractivity contribution in [1.82, 2.24) is 0 Å². The normalized spacial score (nSPS) is 14.3. The van der Waals surface area contributed by atoms with Crippen LogP contribution in [0.4, 0.5) is 24.5 Å². The van der Waals surface area contributed by atoms with Gasteiger partial charge in [-0.1, -0.05) is 0 Å². The highest BCUT2D eigenvalue weighted by Gasteiger charge is 2.36. The van der Waals surface area contributed by atoms with Gasteiger partial charge in [-0.15, -0.1) is 0 Å². The highest BCUT2D eigenvalue weighted by atomic mass is 19.4. The number of nitrogens with one attached hydrogen (secondary N) is 2. The molecule has 1 aliphatic rings. The molecule has 5 nitrogen and oxygen atoms in total. The molecule has 0 radical (unpaired) electrons. The first-order valence-electron chi connectivity index (χ1n) is 7.21. The van der Waals surface area contributed by atoms with E-state index in [-0.39, 0.29) is 23.1 Å². The van der Waals surface area contributed by atoms with E-state index in [0.717, 1.165) is 12.1 Å². The Hall–Kier alpha value is -2.77. The van der Waals surface area contributed by atoms with Crippen molar-refractivity contribution in [2.75, 3.05) is 10.6 Å². The Morgan fingerprint density at radius 2 is 1.88 bits per heavy atom. The van der Waals surface area contributed by atoms with Crippen LogP contribution in [-0.4, -0.2) is 11.8 Å². The average molecular weight is 338 g/mol. The van der Waals surface area contributed by atoms with Crippen LogP contribution in [0.15, 0.2) is 41.0 Å². The highest BCUT2D eigenvalue weighted by molar-refractivity contribution is 6.02. The smallest absolute Gasteiger partial charge is 0.418 e. The monoisotopic (exact) mass is 338 g/mol. The standard InChI is InChI=1S/C16H13F3N2O3/c17-16(18,19)11-8-10(20-15(23)13-2-1-7-24-13)5-6-12(11)21-14(22)9-3-4-9/h1-2,5-9H,3-4H2,(H,20,23)(H,21,22). The molecule has 0 atom stereocenters. The minimum absolute atomic E-state index is 0.0188. The van der Waals surface area contributed by atoms with Gasteiger partial charge in [-0.3, -0.25) is 9.59 Å². The zero-order valence-electron chi connectivity index (χ0n) is 12.3. The predicted octanol–water partition coefficient (Wildman–Crippen LogP) is 3.90. The van der Waals surface area contributed by atoms with Crippen molar-refractivity contribution < 1.29 is 27.2 Å². The van der Waals surface area contributed by atoms with Crippen molar-refractivity contribution in [2.24, 2.45) is 5.92 Å². The second-order valence-corrected chi connectivity index (χ2v) is 5.45. The summed E-state index contributed by atoms with van der Waals surface area (Å²) in [6, 6.07) is 6.08. The van der Waals surface area contributed by atoms with Crippen LogP contribution in [0.5, 0.6) is 0 Å². The first-order chi connectivity index (χ1) is 11.3. The van der Waals surface area contributed by atoms with E-state index in [1.807, 2.05) is 0 Å². The van der Waals surface area contributed by atoms with E-state index < -0.39 is 23.6 Å². The Morgan fingerprint density at radius 1 is 1.12 bits per heavy atom. The van der Waals surface area contributed by atoms with Crippen LogP contribution >= 0.6 is 0 Å². The lowest BCUT2D eigenvalue weighted by atomic mass is 10.1. The number of anilines is 2. The van der Waals surface area contributed by atoms with Gasteiger partial charge in [0.1, 0.15) is 0 Å². The molecule has 1 fully saturated rings. The average Bonchev–Trinajstić information content (AvgIpc) is 3.22.